The number of aliphatic hydroxyl groups excluding tert-OH is 1. The predicted octanol–water partition coefficient (Wildman–Crippen LogP) is 1.97. The Kier molecular flexibility index (Phi) is 10.1. The molecule has 4 rings (SSSR count). The summed E-state index contributed by atoms with van der Waals surface area (Å²) < 4.78 is 17.4. The molecule has 0 aliphatic carbocycles. The van der Waals surface area contributed by atoms with Crippen LogP contribution in [0.25, 0.3) is 0 Å². The maximum atomic E-state index is 14.3. The van der Waals surface area contributed by atoms with Crippen LogP contribution in [0.15, 0.2) is 49.6 Å². The maximum Gasteiger partial charge on any atom is 0.312 e. The van der Waals surface area contributed by atoms with Crippen LogP contribution in [0.2, 0.25) is 0 Å². The Morgan fingerprint density at radius 1 is 1.29 bits per heavy atom. The first-order chi connectivity index (χ1) is 20.1. The summed E-state index contributed by atoms with van der Waals surface area (Å²) >= 11 is 3.63. The quantitative estimate of drug-likeness (QED) is 0.178. The fourth-order valence-corrected chi connectivity index (χ4v) is 7.23. The highest BCUT2D eigenvalue weighted by Crippen LogP contribution is 2.60. The van der Waals surface area contributed by atoms with Crippen LogP contribution >= 0.6 is 15.9 Å². The number of carbonyl (C=O) groups excluding carboxylic acids is 4. The number of rotatable bonds is 14. The Balaban J connectivity index is 1.61. The lowest BCUT2D eigenvalue weighted by atomic mass is 9.70. The van der Waals surface area contributed by atoms with E-state index >= 15 is 0 Å². The van der Waals surface area contributed by atoms with Crippen molar-refractivity contribution in [3.63, 3.8) is 0 Å². The molecule has 1 aromatic carbocycles. The smallest absolute Gasteiger partial charge is 0.312 e. The Morgan fingerprint density at radius 3 is 2.62 bits per heavy atom. The number of anilines is 1. The van der Waals surface area contributed by atoms with E-state index in [9.17, 15) is 24.3 Å². The highest BCUT2D eigenvalue weighted by atomic mass is 79.9. The van der Waals surface area contributed by atoms with E-state index in [1.165, 1.54) is 9.80 Å². The number of esters is 1. The number of ether oxygens (including phenoxy) is 3. The van der Waals surface area contributed by atoms with Crippen molar-refractivity contribution in [1.82, 2.24) is 10.2 Å². The van der Waals surface area contributed by atoms with E-state index < -0.39 is 53.5 Å². The van der Waals surface area contributed by atoms with Crippen molar-refractivity contribution in [2.24, 2.45) is 11.8 Å². The first-order valence-electron chi connectivity index (χ1n) is 14.0. The molecule has 1 spiro atoms. The second kappa shape index (κ2) is 13.4. The number of halogens is 1. The van der Waals surface area contributed by atoms with Crippen LogP contribution in [0, 0.1) is 11.8 Å². The lowest BCUT2D eigenvalue weighted by Gasteiger charge is -2.37. The van der Waals surface area contributed by atoms with Crippen LogP contribution in [0.5, 0.6) is 5.75 Å². The Labute approximate surface area is 254 Å². The summed E-state index contributed by atoms with van der Waals surface area (Å²) in [6.07, 6.45) is 3.01. The first-order valence-corrected chi connectivity index (χ1v) is 14.9. The number of hydrogen-bond acceptors (Lipinski definition) is 8. The summed E-state index contributed by atoms with van der Waals surface area (Å²) in [5.74, 6) is -2.99. The van der Waals surface area contributed by atoms with Crippen molar-refractivity contribution < 1.29 is 38.5 Å². The number of hydrogen-bond donors (Lipinski definition) is 2. The zero-order chi connectivity index (χ0) is 30.6. The van der Waals surface area contributed by atoms with Gasteiger partial charge in [0.15, 0.2) is 0 Å². The van der Waals surface area contributed by atoms with Gasteiger partial charge in [0, 0.05) is 30.0 Å². The number of benzene rings is 1. The molecule has 3 saturated heterocycles. The molecule has 1 aromatic rings. The minimum Gasteiger partial charge on any atom is -0.497 e. The summed E-state index contributed by atoms with van der Waals surface area (Å²) in [7, 11) is 1.55. The molecule has 3 heterocycles. The fraction of sp³-hybridized carbons (Fsp3) is 0.533. The van der Waals surface area contributed by atoms with E-state index in [-0.39, 0.29) is 43.4 Å². The monoisotopic (exact) mass is 647 g/mol. The molecule has 7 atom stereocenters. The average Bonchev–Trinajstić information content (AvgIpc) is 3.57. The van der Waals surface area contributed by atoms with Crippen molar-refractivity contribution in [3.8, 4) is 5.75 Å². The second-order valence-corrected chi connectivity index (χ2v) is 11.9. The number of β-amino-alcohol motifs (C(OH)–C–C–N with tert-alkyl or cyclic N) is 1. The van der Waals surface area contributed by atoms with Gasteiger partial charge < -0.3 is 34.4 Å². The number of likely N-dealkylation sites (tertiary alicyclic amines) is 1. The number of alkyl halides is 1. The van der Waals surface area contributed by atoms with Crippen LogP contribution in [-0.2, 0) is 28.7 Å². The number of fused-ring (bicyclic) bond motifs is 1. The third-order valence-electron chi connectivity index (χ3n) is 8.08. The van der Waals surface area contributed by atoms with Gasteiger partial charge in [0.2, 0.25) is 11.8 Å². The SMILES string of the molecule is C=CCCC(=O)NC[C@@H](C)OC(=O)[C@@H]1[C@H]2O[C@@]3(CC2Br)[C@H](C(=O)N(CC=C)c2ccc(OC)cc2)N(CCO)C(=O)[C@@H]13. The largest absolute Gasteiger partial charge is 0.497 e. The molecule has 3 aliphatic rings. The lowest BCUT2D eigenvalue weighted by Crippen LogP contribution is -2.57. The molecule has 11 nitrogen and oxygen atoms in total. The van der Waals surface area contributed by atoms with Gasteiger partial charge in [-0.2, -0.15) is 0 Å². The van der Waals surface area contributed by atoms with Crippen molar-refractivity contribution in [3.05, 3.63) is 49.6 Å². The predicted molar refractivity (Wildman–Crippen MR) is 158 cm³/mol. The summed E-state index contributed by atoms with van der Waals surface area (Å²) in [5, 5.41) is 12.6. The molecule has 3 amide bonds. The number of nitrogens with one attached hydrogen (secondary N) is 1. The van der Waals surface area contributed by atoms with E-state index in [1.807, 2.05) is 0 Å². The van der Waals surface area contributed by atoms with E-state index in [1.54, 1.807) is 50.5 Å². The van der Waals surface area contributed by atoms with Crippen LogP contribution in [0.1, 0.15) is 26.2 Å². The topological polar surface area (TPSA) is 135 Å². The molecule has 228 valence electrons. The van der Waals surface area contributed by atoms with Crippen molar-refractivity contribution in [2.75, 3.05) is 38.3 Å². The lowest BCUT2D eigenvalue weighted by molar-refractivity contribution is -0.159. The standard InChI is InChI=1S/C30H38BrN3O8/c1-5-7-8-22(36)32-17-18(3)41-29(39)23-24-27(37)34(14-15-35)26(30(24)16-21(31)25(23)42-30)28(38)33(13-6-2)19-9-11-20(40-4)12-10-19/h5-6,9-12,18,21,23-26,35H,1-2,7-8,13-17H2,3-4H3,(H,32,36)/t18-,21?,23+,24-,25+,26+,30-/m1/s1. The Morgan fingerprint density at radius 2 is 2.00 bits per heavy atom. The zero-order valence-corrected chi connectivity index (χ0v) is 25.5. The molecular formula is C30H38BrN3O8. The normalized spacial score (nSPS) is 28.1. The molecule has 3 aliphatic heterocycles. The average molecular weight is 649 g/mol. The molecule has 12 heteroatoms. The third kappa shape index (κ3) is 5.84. The number of allylic oxidation sites excluding steroid dienone is 1. The number of methoxy groups -OCH3 is 1. The number of aliphatic hydroxyl groups is 1. The molecule has 2 bridgehead atoms. The van der Waals surface area contributed by atoms with Gasteiger partial charge in [-0.05, 0) is 44.0 Å². The number of carbonyl (C=O) groups is 4. The Bertz CT molecular complexity index is 1210. The molecular weight excluding hydrogens is 610 g/mol. The van der Waals surface area contributed by atoms with Gasteiger partial charge in [-0.3, -0.25) is 19.2 Å². The molecule has 1 unspecified atom stereocenters. The molecule has 3 fully saturated rings. The summed E-state index contributed by atoms with van der Waals surface area (Å²) in [6, 6.07) is 5.84. The minimum atomic E-state index is -1.31. The van der Waals surface area contributed by atoms with Gasteiger partial charge in [-0.1, -0.05) is 28.1 Å². The van der Waals surface area contributed by atoms with E-state index in [4.69, 9.17) is 14.2 Å². The van der Waals surface area contributed by atoms with Crippen molar-refractivity contribution in [2.45, 2.75) is 54.9 Å². The minimum absolute atomic E-state index is 0.103. The van der Waals surface area contributed by atoms with Gasteiger partial charge in [-0.25, -0.2) is 0 Å². The van der Waals surface area contributed by atoms with Gasteiger partial charge in [0.1, 0.15) is 23.5 Å². The van der Waals surface area contributed by atoms with Gasteiger partial charge in [0.05, 0.1) is 38.2 Å². The molecule has 2 N–H and O–H groups in total. The molecule has 0 saturated carbocycles. The molecule has 0 radical (unpaired) electrons. The van der Waals surface area contributed by atoms with Crippen LogP contribution in [-0.4, -0.2) is 95.7 Å². The summed E-state index contributed by atoms with van der Waals surface area (Å²) in [6.45, 7) is 8.84. The van der Waals surface area contributed by atoms with Crippen LogP contribution in [0.3, 0.4) is 0 Å². The summed E-state index contributed by atoms with van der Waals surface area (Å²) in [5.41, 5.74) is -0.736. The number of nitrogens with zero attached hydrogens (tertiary/aromatic N) is 2. The van der Waals surface area contributed by atoms with Gasteiger partial charge in [-0.15, -0.1) is 13.2 Å². The third-order valence-corrected chi connectivity index (χ3v) is 8.92. The highest BCUT2D eigenvalue weighted by Gasteiger charge is 2.77. The summed E-state index contributed by atoms with van der Waals surface area (Å²) in [4.78, 5) is 56.3. The highest BCUT2D eigenvalue weighted by molar-refractivity contribution is 9.09. The van der Waals surface area contributed by atoms with E-state index in [0.717, 1.165) is 0 Å². The fourth-order valence-electron chi connectivity index (χ4n) is 6.29. The van der Waals surface area contributed by atoms with Crippen molar-refractivity contribution in [1.29, 1.82) is 0 Å². The maximum absolute atomic E-state index is 14.3. The van der Waals surface area contributed by atoms with Crippen LogP contribution in [0.4, 0.5) is 5.69 Å². The van der Waals surface area contributed by atoms with Crippen LogP contribution < -0.4 is 15.0 Å². The molecule has 42 heavy (non-hydrogen) atoms. The van der Waals surface area contributed by atoms with E-state index in [0.29, 0.717) is 24.3 Å². The van der Waals surface area contributed by atoms with E-state index in [2.05, 4.69) is 34.4 Å². The van der Waals surface area contributed by atoms with Crippen molar-refractivity contribution >= 4 is 45.3 Å². The van der Waals surface area contributed by atoms with Gasteiger partial charge >= 0.3 is 5.97 Å². The number of amides is 3. The second-order valence-electron chi connectivity index (χ2n) is 10.7. The Hall–Kier alpha value is -3.22. The first kappa shape index (κ1) is 31.7. The van der Waals surface area contributed by atoms with Gasteiger partial charge in [0.25, 0.3) is 5.91 Å². The zero-order valence-electron chi connectivity index (χ0n) is 23.9. The molecule has 0 aromatic heterocycles.